The fraction of sp³-hybridized carbons (Fsp3) is 0.400. The highest BCUT2D eigenvalue weighted by atomic mass is 13.9. The lowest BCUT2D eigenvalue weighted by molar-refractivity contribution is 0.987. The van der Waals surface area contributed by atoms with E-state index in [1.807, 2.05) is 12.2 Å². The van der Waals surface area contributed by atoms with E-state index in [0.29, 0.717) is 0 Å². The Bertz CT molecular complexity index is 206. The molecule has 0 aromatic heterocycles. The van der Waals surface area contributed by atoms with Crippen molar-refractivity contribution in [2.75, 3.05) is 0 Å². The Labute approximate surface area is 95.1 Å². The molecule has 0 saturated carbocycles. The molecule has 0 unspecified atom stereocenters. The lowest BCUT2D eigenvalue weighted by Gasteiger charge is -1.89. The molecule has 15 heavy (non-hydrogen) atoms. The monoisotopic (exact) mass is 203 g/mol. The first-order valence-corrected chi connectivity index (χ1v) is 5.77. The Kier molecular flexibility index (Phi) is 12.1. The molecule has 0 N–H and O–H groups in total. The average Bonchev–Trinajstić information content (AvgIpc) is 2.26. The van der Waals surface area contributed by atoms with Gasteiger partial charge in [-0.25, -0.2) is 0 Å². The van der Waals surface area contributed by atoms with E-state index in [1.165, 1.54) is 0 Å². The highest BCUT2D eigenvalue weighted by Gasteiger charge is 1.79. The molecule has 0 aliphatic rings. The van der Waals surface area contributed by atoms with E-state index in [1.54, 1.807) is 0 Å². The molecule has 0 bridgehead atoms. The molecular weight excluding hydrogens is 180 g/mol. The summed E-state index contributed by atoms with van der Waals surface area (Å²) < 4.78 is 0. The second-order valence-electron chi connectivity index (χ2n) is 3.43. The molecule has 0 heteroatoms. The summed E-state index contributed by atoms with van der Waals surface area (Å²) in [4.78, 5) is 0. The van der Waals surface area contributed by atoms with E-state index in [4.69, 9.17) is 0 Å². The van der Waals surface area contributed by atoms with Gasteiger partial charge < -0.3 is 0 Å². The van der Waals surface area contributed by atoms with E-state index < -0.39 is 0 Å². The number of rotatable bonds is 9. The molecule has 0 fully saturated rings. The largest absolute Gasteiger partial charge is 0.103 e. The van der Waals surface area contributed by atoms with Gasteiger partial charge in [0.25, 0.3) is 0 Å². The van der Waals surface area contributed by atoms with Gasteiger partial charge in [0.15, 0.2) is 0 Å². The van der Waals surface area contributed by atoms with E-state index in [2.05, 4.69) is 43.9 Å². The van der Waals surface area contributed by atoms with Crippen LogP contribution in [0, 0.1) is 6.92 Å². The predicted molar refractivity (Wildman–Crippen MR) is 70.7 cm³/mol. The Hall–Kier alpha value is -1.04. The van der Waals surface area contributed by atoms with Crippen LogP contribution in [0.25, 0.3) is 0 Å². The summed E-state index contributed by atoms with van der Waals surface area (Å²) in [5.74, 6) is 0. The molecular formula is C15H23. The van der Waals surface area contributed by atoms with Gasteiger partial charge in [-0.1, -0.05) is 42.5 Å². The first-order valence-electron chi connectivity index (χ1n) is 5.77. The van der Waals surface area contributed by atoms with Crippen LogP contribution in [-0.4, -0.2) is 0 Å². The van der Waals surface area contributed by atoms with Crippen LogP contribution in [0.1, 0.15) is 38.5 Å². The van der Waals surface area contributed by atoms with Gasteiger partial charge in [-0.15, -0.1) is 6.58 Å². The maximum absolute atomic E-state index is 3.69. The van der Waals surface area contributed by atoms with Crippen LogP contribution < -0.4 is 0 Å². The minimum Gasteiger partial charge on any atom is -0.103 e. The minimum absolute atomic E-state index is 1.09. The third-order valence-corrected chi connectivity index (χ3v) is 2.04. The smallest absolute Gasteiger partial charge is 0.0316 e. The molecule has 83 valence electrons. The number of unbranched alkanes of at least 4 members (excludes halogenated alkanes) is 3. The fourth-order valence-electron chi connectivity index (χ4n) is 1.19. The summed E-state index contributed by atoms with van der Waals surface area (Å²) in [5.41, 5.74) is 0. The van der Waals surface area contributed by atoms with Gasteiger partial charge in [0, 0.05) is 0 Å². The van der Waals surface area contributed by atoms with Crippen molar-refractivity contribution < 1.29 is 0 Å². The normalized spacial score (nSPS) is 12.1. The van der Waals surface area contributed by atoms with Crippen LogP contribution in [-0.2, 0) is 0 Å². The molecule has 0 amide bonds. The SMILES string of the molecule is [CH2]/C=C/CC/C=C/CC/C=C/CCC=C. The van der Waals surface area contributed by atoms with Gasteiger partial charge in [0.2, 0.25) is 0 Å². The number of allylic oxidation sites excluding steroid dienone is 7. The molecule has 0 aromatic rings. The fourth-order valence-corrected chi connectivity index (χ4v) is 1.19. The van der Waals surface area contributed by atoms with E-state index in [0.717, 1.165) is 38.5 Å². The van der Waals surface area contributed by atoms with Gasteiger partial charge >= 0.3 is 0 Å². The van der Waals surface area contributed by atoms with Gasteiger partial charge in [-0.2, -0.15) is 0 Å². The van der Waals surface area contributed by atoms with Crippen molar-refractivity contribution in [3.8, 4) is 0 Å². The Balaban J connectivity index is 3.22. The molecule has 0 atom stereocenters. The van der Waals surface area contributed by atoms with Crippen LogP contribution in [0.15, 0.2) is 49.1 Å². The van der Waals surface area contributed by atoms with E-state index >= 15 is 0 Å². The lowest BCUT2D eigenvalue weighted by Crippen LogP contribution is -1.68. The summed E-state index contributed by atoms with van der Waals surface area (Å²) in [7, 11) is 0. The van der Waals surface area contributed by atoms with Crippen LogP contribution in [0.4, 0.5) is 0 Å². The van der Waals surface area contributed by atoms with E-state index in [9.17, 15) is 0 Å². The van der Waals surface area contributed by atoms with Crippen molar-refractivity contribution in [1.82, 2.24) is 0 Å². The van der Waals surface area contributed by atoms with Crippen molar-refractivity contribution in [2.24, 2.45) is 0 Å². The maximum Gasteiger partial charge on any atom is -0.0316 e. The van der Waals surface area contributed by atoms with Crippen molar-refractivity contribution in [3.63, 3.8) is 0 Å². The van der Waals surface area contributed by atoms with E-state index in [-0.39, 0.29) is 0 Å². The molecule has 0 heterocycles. The van der Waals surface area contributed by atoms with Crippen LogP contribution in [0.2, 0.25) is 0 Å². The molecule has 0 saturated heterocycles. The average molecular weight is 203 g/mol. The summed E-state index contributed by atoms with van der Waals surface area (Å²) in [6, 6.07) is 0. The molecule has 0 rings (SSSR count). The van der Waals surface area contributed by atoms with Crippen molar-refractivity contribution in [1.29, 1.82) is 0 Å². The zero-order chi connectivity index (χ0) is 11.2. The zero-order valence-corrected chi connectivity index (χ0v) is 9.70. The molecule has 1 radical (unpaired) electrons. The molecule has 0 aliphatic carbocycles. The quantitative estimate of drug-likeness (QED) is 0.365. The first kappa shape index (κ1) is 14.0. The van der Waals surface area contributed by atoms with Crippen molar-refractivity contribution >= 4 is 0 Å². The second kappa shape index (κ2) is 13.0. The van der Waals surface area contributed by atoms with Gasteiger partial charge in [0.1, 0.15) is 0 Å². The maximum atomic E-state index is 3.69. The summed E-state index contributed by atoms with van der Waals surface area (Å²) in [6.07, 6.45) is 21.7. The lowest BCUT2D eigenvalue weighted by atomic mass is 10.2. The third-order valence-electron chi connectivity index (χ3n) is 2.04. The number of hydrogen-bond acceptors (Lipinski definition) is 0. The van der Waals surface area contributed by atoms with Crippen LogP contribution >= 0.6 is 0 Å². The predicted octanol–water partition coefficient (Wildman–Crippen LogP) is 5.02. The van der Waals surface area contributed by atoms with Crippen LogP contribution in [0.3, 0.4) is 0 Å². The highest BCUT2D eigenvalue weighted by molar-refractivity contribution is 4.91. The number of hydrogen-bond donors (Lipinski definition) is 0. The second-order valence-corrected chi connectivity index (χ2v) is 3.43. The highest BCUT2D eigenvalue weighted by Crippen LogP contribution is 1.99. The molecule has 0 aromatic carbocycles. The van der Waals surface area contributed by atoms with Crippen molar-refractivity contribution in [3.05, 3.63) is 56.0 Å². The van der Waals surface area contributed by atoms with Gasteiger partial charge in [-0.05, 0) is 45.4 Å². The summed E-state index contributed by atoms with van der Waals surface area (Å²) >= 11 is 0. The van der Waals surface area contributed by atoms with Gasteiger partial charge in [0.05, 0.1) is 0 Å². The minimum atomic E-state index is 1.09. The topological polar surface area (TPSA) is 0 Å². The third kappa shape index (κ3) is 13.0. The summed E-state index contributed by atoms with van der Waals surface area (Å²) in [6.45, 7) is 7.34. The Morgan fingerprint density at radius 1 is 0.600 bits per heavy atom. The van der Waals surface area contributed by atoms with Crippen LogP contribution in [0.5, 0.6) is 0 Å². The molecule has 0 aliphatic heterocycles. The zero-order valence-electron chi connectivity index (χ0n) is 9.70. The summed E-state index contributed by atoms with van der Waals surface area (Å²) in [5, 5.41) is 0. The first-order chi connectivity index (χ1) is 7.41. The molecule has 0 spiro atoms. The van der Waals surface area contributed by atoms with Gasteiger partial charge in [-0.3, -0.25) is 0 Å². The Morgan fingerprint density at radius 2 is 1.00 bits per heavy atom. The van der Waals surface area contributed by atoms with Crippen molar-refractivity contribution in [2.45, 2.75) is 38.5 Å². The molecule has 0 nitrogen and oxygen atoms in total. The standard InChI is InChI=1S/C15H23/c1-3-5-7-9-11-13-15-14-12-10-8-6-4-2/h3-5,10-13H,1-2,6-9,14-15H2/b5-3+,12-10+,13-11+. The Morgan fingerprint density at radius 3 is 1.40 bits per heavy atom.